The Bertz CT molecular complexity index is 338. The van der Waals surface area contributed by atoms with Crippen LogP contribution in [0.1, 0.15) is 11.7 Å². The van der Waals surface area contributed by atoms with Gasteiger partial charge in [0.25, 0.3) is 0 Å². The van der Waals surface area contributed by atoms with Crippen LogP contribution in [0.2, 0.25) is 0 Å². The lowest BCUT2D eigenvalue weighted by atomic mass is 10.1. The minimum atomic E-state index is -4.72. The van der Waals surface area contributed by atoms with Gasteiger partial charge in [-0.1, -0.05) is 6.07 Å². The molecular formula is C8H9F3N2O. The predicted octanol–water partition coefficient (Wildman–Crippen LogP) is 1.45. The summed E-state index contributed by atoms with van der Waals surface area (Å²) in [7, 11) is 0. The standard InChI is InChI=1S/C8H9F3N2O/c9-8(10,11)7(14)5-2-1-4(12)3-6(5)13/h1-3,7,14H,12-13H2. The molecule has 5 N–H and O–H groups in total. The van der Waals surface area contributed by atoms with Gasteiger partial charge in [-0.15, -0.1) is 0 Å². The summed E-state index contributed by atoms with van der Waals surface area (Å²) in [5, 5.41) is 8.88. The molecule has 0 saturated heterocycles. The zero-order valence-corrected chi connectivity index (χ0v) is 7.05. The van der Waals surface area contributed by atoms with Gasteiger partial charge >= 0.3 is 6.18 Å². The number of anilines is 2. The van der Waals surface area contributed by atoms with E-state index >= 15 is 0 Å². The number of alkyl halides is 3. The molecular weight excluding hydrogens is 197 g/mol. The van der Waals surface area contributed by atoms with Crippen molar-refractivity contribution in [1.29, 1.82) is 0 Å². The highest BCUT2D eigenvalue weighted by molar-refractivity contribution is 5.57. The number of hydrogen-bond acceptors (Lipinski definition) is 3. The van der Waals surface area contributed by atoms with Crippen molar-refractivity contribution in [2.24, 2.45) is 0 Å². The summed E-state index contributed by atoms with van der Waals surface area (Å²) in [6.07, 6.45) is -7.28. The van der Waals surface area contributed by atoms with Crippen LogP contribution in [0.5, 0.6) is 0 Å². The molecule has 0 bridgehead atoms. The monoisotopic (exact) mass is 206 g/mol. The summed E-state index contributed by atoms with van der Waals surface area (Å²) < 4.78 is 36.2. The Balaban J connectivity index is 3.08. The third-order valence-electron chi connectivity index (χ3n) is 1.72. The number of hydrogen-bond donors (Lipinski definition) is 3. The number of halogens is 3. The van der Waals surface area contributed by atoms with Crippen LogP contribution in [0, 0.1) is 0 Å². The molecule has 1 unspecified atom stereocenters. The highest BCUT2D eigenvalue weighted by Gasteiger charge is 2.40. The maximum Gasteiger partial charge on any atom is 0.418 e. The van der Waals surface area contributed by atoms with Crippen molar-refractivity contribution in [3.63, 3.8) is 0 Å². The average molecular weight is 206 g/mol. The predicted molar refractivity (Wildman–Crippen MR) is 46.3 cm³/mol. The number of rotatable bonds is 1. The minimum Gasteiger partial charge on any atom is -0.399 e. The fourth-order valence-electron chi connectivity index (χ4n) is 1.02. The molecule has 0 saturated carbocycles. The van der Waals surface area contributed by atoms with Crippen molar-refractivity contribution in [3.8, 4) is 0 Å². The summed E-state index contributed by atoms with van der Waals surface area (Å²) in [6.45, 7) is 0. The molecule has 0 aliphatic heterocycles. The van der Waals surface area contributed by atoms with E-state index in [2.05, 4.69) is 0 Å². The van der Waals surface area contributed by atoms with Crippen LogP contribution in [0.4, 0.5) is 24.5 Å². The molecule has 1 aromatic rings. The van der Waals surface area contributed by atoms with Gasteiger partial charge in [0.2, 0.25) is 0 Å². The van der Waals surface area contributed by atoms with Crippen molar-refractivity contribution < 1.29 is 18.3 Å². The van der Waals surface area contributed by atoms with Crippen molar-refractivity contribution in [1.82, 2.24) is 0 Å². The second-order valence-electron chi connectivity index (χ2n) is 2.83. The van der Waals surface area contributed by atoms with Gasteiger partial charge in [0.1, 0.15) is 0 Å². The van der Waals surface area contributed by atoms with Gasteiger partial charge < -0.3 is 16.6 Å². The largest absolute Gasteiger partial charge is 0.418 e. The molecule has 3 nitrogen and oxygen atoms in total. The first-order valence-corrected chi connectivity index (χ1v) is 3.72. The third kappa shape index (κ3) is 2.08. The number of nitrogens with two attached hydrogens (primary N) is 2. The van der Waals surface area contributed by atoms with Crippen LogP contribution >= 0.6 is 0 Å². The zero-order chi connectivity index (χ0) is 10.9. The minimum absolute atomic E-state index is 0.171. The Hall–Kier alpha value is -1.43. The molecule has 0 amide bonds. The van der Waals surface area contributed by atoms with E-state index in [-0.39, 0.29) is 16.9 Å². The van der Waals surface area contributed by atoms with E-state index in [9.17, 15) is 13.2 Å². The summed E-state index contributed by atoms with van der Waals surface area (Å²) >= 11 is 0. The van der Waals surface area contributed by atoms with Gasteiger partial charge in [-0.2, -0.15) is 13.2 Å². The van der Waals surface area contributed by atoms with Crippen LogP contribution in [-0.4, -0.2) is 11.3 Å². The first-order chi connectivity index (χ1) is 6.32. The number of benzene rings is 1. The second-order valence-corrected chi connectivity index (χ2v) is 2.83. The normalized spacial score (nSPS) is 14.0. The third-order valence-corrected chi connectivity index (χ3v) is 1.72. The molecule has 0 spiro atoms. The maximum atomic E-state index is 12.1. The number of nitrogen functional groups attached to an aromatic ring is 2. The summed E-state index contributed by atoms with van der Waals surface area (Å²) in [5.74, 6) is 0. The molecule has 1 rings (SSSR count). The SMILES string of the molecule is Nc1ccc(C(O)C(F)(F)F)c(N)c1. The van der Waals surface area contributed by atoms with E-state index in [0.717, 1.165) is 6.07 Å². The van der Waals surface area contributed by atoms with Crippen molar-refractivity contribution >= 4 is 11.4 Å². The fraction of sp³-hybridized carbons (Fsp3) is 0.250. The first-order valence-electron chi connectivity index (χ1n) is 3.72. The van der Waals surface area contributed by atoms with E-state index in [4.69, 9.17) is 16.6 Å². The van der Waals surface area contributed by atoms with Crippen LogP contribution in [0.15, 0.2) is 18.2 Å². The van der Waals surface area contributed by atoms with Gasteiger partial charge in [-0.05, 0) is 12.1 Å². The summed E-state index contributed by atoms with van der Waals surface area (Å²) in [4.78, 5) is 0. The second kappa shape index (κ2) is 3.38. The molecule has 78 valence electrons. The van der Waals surface area contributed by atoms with Crippen LogP contribution in [0.25, 0.3) is 0 Å². The lowest BCUT2D eigenvalue weighted by Gasteiger charge is -2.16. The van der Waals surface area contributed by atoms with Crippen LogP contribution in [-0.2, 0) is 0 Å². The molecule has 14 heavy (non-hydrogen) atoms. The molecule has 1 aromatic carbocycles. The molecule has 0 fully saturated rings. The lowest BCUT2D eigenvalue weighted by molar-refractivity contribution is -0.206. The van der Waals surface area contributed by atoms with Crippen molar-refractivity contribution in [2.75, 3.05) is 11.5 Å². The zero-order valence-electron chi connectivity index (χ0n) is 7.05. The first kappa shape index (κ1) is 10.6. The topological polar surface area (TPSA) is 72.3 Å². The van der Waals surface area contributed by atoms with Gasteiger partial charge in [0.15, 0.2) is 6.10 Å². The van der Waals surface area contributed by atoms with Crippen molar-refractivity contribution in [3.05, 3.63) is 23.8 Å². The molecule has 0 aromatic heterocycles. The summed E-state index contributed by atoms with van der Waals surface area (Å²) in [5.41, 5.74) is 10.3. The quantitative estimate of drug-likeness (QED) is 0.609. The molecule has 0 radical (unpaired) electrons. The smallest absolute Gasteiger partial charge is 0.399 e. The highest BCUT2D eigenvalue weighted by atomic mass is 19.4. The van der Waals surface area contributed by atoms with E-state index in [0.29, 0.717) is 0 Å². The Morgan fingerprint density at radius 2 is 1.79 bits per heavy atom. The molecule has 1 atom stereocenters. The Morgan fingerprint density at radius 1 is 1.21 bits per heavy atom. The van der Waals surface area contributed by atoms with Crippen LogP contribution in [0.3, 0.4) is 0 Å². The fourth-order valence-corrected chi connectivity index (χ4v) is 1.02. The number of aliphatic hydroxyl groups excluding tert-OH is 1. The Labute approximate surface area is 78.1 Å². The van der Waals surface area contributed by atoms with Gasteiger partial charge in [-0.3, -0.25) is 0 Å². The molecule has 6 heteroatoms. The molecule has 0 aliphatic rings. The van der Waals surface area contributed by atoms with E-state index in [1.165, 1.54) is 12.1 Å². The summed E-state index contributed by atoms with van der Waals surface area (Å²) in [6, 6.07) is 3.48. The van der Waals surface area contributed by atoms with Gasteiger partial charge in [0, 0.05) is 16.9 Å². The van der Waals surface area contributed by atoms with Gasteiger partial charge in [0.05, 0.1) is 0 Å². The van der Waals surface area contributed by atoms with E-state index in [1.54, 1.807) is 0 Å². The maximum absolute atomic E-state index is 12.1. The Morgan fingerprint density at radius 3 is 2.21 bits per heavy atom. The van der Waals surface area contributed by atoms with E-state index < -0.39 is 12.3 Å². The molecule has 0 aliphatic carbocycles. The number of aliphatic hydroxyl groups is 1. The van der Waals surface area contributed by atoms with E-state index in [1.807, 2.05) is 0 Å². The lowest BCUT2D eigenvalue weighted by Crippen LogP contribution is -2.21. The van der Waals surface area contributed by atoms with Crippen LogP contribution < -0.4 is 11.5 Å². The average Bonchev–Trinajstić information content (AvgIpc) is 2.01. The molecule has 0 heterocycles. The highest BCUT2D eigenvalue weighted by Crippen LogP contribution is 2.35. The van der Waals surface area contributed by atoms with Crippen molar-refractivity contribution in [2.45, 2.75) is 12.3 Å². The van der Waals surface area contributed by atoms with Gasteiger partial charge in [-0.25, -0.2) is 0 Å². The Kier molecular flexibility index (Phi) is 2.57.